The maximum absolute atomic E-state index is 11.1. The van der Waals surface area contributed by atoms with Crippen molar-refractivity contribution in [1.82, 2.24) is 4.90 Å². The molecule has 68 valence electrons. The van der Waals surface area contributed by atoms with E-state index in [1.807, 2.05) is 0 Å². The molecule has 0 aliphatic rings. The standard InChI is InChI=1S/C9H15NO2/c1-4-5-9(12)10(3)7-6-8(2)11/h4-5H,6-7H2,1-3H3/b5-4+. The predicted molar refractivity (Wildman–Crippen MR) is 47.7 cm³/mol. The summed E-state index contributed by atoms with van der Waals surface area (Å²) in [6.07, 6.45) is 3.60. The van der Waals surface area contributed by atoms with Crippen LogP contribution in [0.2, 0.25) is 0 Å². The van der Waals surface area contributed by atoms with Gasteiger partial charge in [-0.15, -0.1) is 0 Å². The van der Waals surface area contributed by atoms with Gasteiger partial charge in [0.05, 0.1) is 0 Å². The molecule has 12 heavy (non-hydrogen) atoms. The molecule has 0 aromatic rings. The normalized spacial score (nSPS) is 10.2. The average molecular weight is 169 g/mol. The molecular formula is C9H15NO2. The Morgan fingerprint density at radius 2 is 2.00 bits per heavy atom. The van der Waals surface area contributed by atoms with Crippen LogP contribution in [0.4, 0.5) is 0 Å². The third-order valence-corrected chi connectivity index (χ3v) is 1.48. The van der Waals surface area contributed by atoms with Crippen molar-refractivity contribution in [3.63, 3.8) is 0 Å². The molecule has 0 spiro atoms. The second-order valence-electron chi connectivity index (χ2n) is 2.71. The van der Waals surface area contributed by atoms with Gasteiger partial charge in [0.25, 0.3) is 0 Å². The highest BCUT2D eigenvalue weighted by Crippen LogP contribution is 1.91. The third kappa shape index (κ3) is 4.66. The highest BCUT2D eigenvalue weighted by atomic mass is 16.2. The molecule has 0 aliphatic carbocycles. The van der Waals surface area contributed by atoms with Gasteiger partial charge >= 0.3 is 0 Å². The molecule has 0 unspecified atom stereocenters. The van der Waals surface area contributed by atoms with E-state index in [2.05, 4.69) is 0 Å². The number of ketones is 1. The summed E-state index contributed by atoms with van der Waals surface area (Å²) in [6, 6.07) is 0. The van der Waals surface area contributed by atoms with Crippen LogP contribution in [0.15, 0.2) is 12.2 Å². The van der Waals surface area contributed by atoms with Crippen LogP contribution in [0, 0.1) is 0 Å². The van der Waals surface area contributed by atoms with Gasteiger partial charge in [-0.05, 0) is 19.9 Å². The van der Waals surface area contributed by atoms with Crippen LogP contribution in [0.25, 0.3) is 0 Å². The Morgan fingerprint density at radius 1 is 1.42 bits per heavy atom. The molecular weight excluding hydrogens is 154 g/mol. The molecule has 0 fully saturated rings. The lowest BCUT2D eigenvalue weighted by atomic mass is 10.3. The van der Waals surface area contributed by atoms with Crippen molar-refractivity contribution < 1.29 is 9.59 Å². The number of hydrogen-bond acceptors (Lipinski definition) is 2. The third-order valence-electron chi connectivity index (χ3n) is 1.48. The molecule has 0 heterocycles. The lowest BCUT2D eigenvalue weighted by Gasteiger charge is -2.13. The number of amides is 1. The summed E-state index contributed by atoms with van der Waals surface area (Å²) in [7, 11) is 1.69. The Balaban J connectivity index is 3.79. The van der Waals surface area contributed by atoms with E-state index < -0.39 is 0 Å². The minimum atomic E-state index is -0.0567. The van der Waals surface area contributed by atoms with Crippen LogP contribution < -0.4 is 0 Å². The van der Waals surface area contributed by atoms with E-state index in [0.29, 0.717) is 13.0 Å². The molecule has 0 aromatic carbocycles. The highest BCUT2D eigenvalue weighted by molar-refractivity contribution is 5.87. The van der Waals surface area contributed by atoms with Crippen molar-refractivity contribution in [3.05, 3.63) is 12.2 Å². The fraction of sp³-hybridized carbons (Fsp3) is 0.556. The molecule has 3 heteroatoms. The van der Waals surface area contributed by atoms with Crippen LogP contribution >= 0.6 is 0 Å². The number of allylic oxidation sites excluding steroid dienone is 1. The first-order chi connectivity index (χ1) is 5.57. The topological polar surface area (TPSA) is 37.4 Å². The van der Waals surface area contributed by atoms with Gasteiger partial charge in [-0.1, -0.05) is 6.08 Å². The number of nitrogens with zero attached hydrogens (tertiary/aromatic N) is 1. The summed E-state index contributed by atoms with van der Waals surface area (Å²) >= 11 is 0. The van der Waals surface area contributed by atoms with Gasteiger partial charge in [-0.25, -0.2) is 0 Å². The lowest BCUT2D eigenvalue weighted by Crippen LogP contribution is -2.26. The summed E-state index contributed by atoms with van der Waals surface area (Å²) in [5.74, 6) is 0.0499. The van der Waals surface area contributed by atoms with Gasteiger partial charge in [0.2, 0.25) is 5.91 Å². The Bertz CT molecular complexity index is 197. The SMILES string of the molecule is C/C=C/C(=O)N(C)CCC(C)=O. The number of hydrogen-bond donors (Lipinski definition) is 0. The Morgan fingerprint density at radius 3 is 2.42 bits per heavy atom. The average Bonchev–Trinajstić information content (AvgIpc) is 2.00. The van der Waals surface area contributed by atoms with E-state index >= 15 is 0 Å². The van der Waals surface area contributed by atoms with Crippen LogP contribution in [0.3, 0.4) is 0 Å². The van der Waals surface area contributed by atoms with Gasteiger partial charge in [0.1, 0.15) is 5.78 Å². The summed E-state index contributed by atoms with van der Waals surface area (Å²) in [5.41, 5.74) is 0. The second kappa shape index (κ2) is 5.52. The van der Waals surface area contributed by atoms with Crippen LogP contribution in [0.5, 0.6) is 0 Å². The van der Waals surface area contributed by atoms with Crippen LogP contribution in [-0.2, 0) is 9.59 Å². The number of rotatable bonds is 4. The zero-order valence-corrected chi connectivity index (χ0v) is 7.83. The van der Waals surface area contributed by atoms with E-state index in [4.69, 9.17) is 0 Å². The first-order valence-corrected chi connectivity index (χ1v) is 3.95. The zero-order chi connectivity index (χ0) is 9.56. The molecule has 0 atom stereocenters. The summed E-state index contributed by atoms with van der Waals surface area (Å²) in [6.45, 7) is 3.81. The molecule has 0 radical (unpaired) electrons. The number of carbonyl (C=O) groups excluding carboxylic acids is 2. The maximum atomic E-state index is 11.1. The number of likely N-dealkylation sites (N-methyl/N-ethyl adjacent to an activating group) is 1. The van der Waals surface area contributed by atoms with Crippen molar-refractivity contribution in [2.24, 2.45) is 0 Å². The van der Waals surface area contributed by atoms with Crippen molar-refractivity contribution in [2.75, 3.05) is 13.6 Å². The molecule has 0 N–H and O–H groups in total. The summed E-state index contributed by atoms with van der Waals surface area (Å²) in [4.78, 5) is 23.2. The van der Waals surface area contributed by atoms with Crippen molar-refractivity contribution >= 4 is 11.7 Å². The Hall–Kier alpha value is -1.12. The number of carbonyl (C=O) groups is 2. The fourth-order valence-electron chi connectivity index (χ4n) is 0.705. The van der Waals surface area contributed by atoms with Crippen molar-refractivity contribution in [1.29, 1.82) is 0 Å². The van der Waals surface area contributed by atoms with Crippen molar-refractivity contribution in [3.8, 4) is 0 Å². The molecule has 0 saturated heterocycles. The van der Waals surface area contributed by atoms with E-state index in [9.17, 15) is 9.59 Å². The molecule has 3 nitrogen and oxygen atoms in total. The number of Topliss-reactive ketones (excluding diaryl/α,β-unsaturated/α-hetero) is 1. The molecule has 0 bridgehead atoms. The van der Waals surface area contributed by atoms with E-state index in [1.165, 1.54) is 17.9 Å². The summed E-state index contributed by atoms with van der Waals surface area (Å²) < 4.78 is 0. The monoisotopic (exact) mass is 169 g/mol. The van der Waals surface area contributed by atoms with Crippen LogP contribution in [-0.4, -0.2) is 30.2 Å². The maximum Gasteiger partial charge on any atom is 0.245 e. The van der Waals surface area contributed by atoms with Crippen molar-refractivity contribution in [2.45, 2.75) is 20.3 Å². The lowest BCUT2D eigenvalue weighted by molar-refractivity contribution is -0.125. The van der Waals surface area contributed by atoms with Gasteiger partial charge in [0, 0.05) is 20.0 Å². The van der Waals surface area contributed by atoms with Gasteiger partial charge < -0.3 is 4.90 Å². The summed E-state index contributed by atoms with van der Waals surface area (Å²) in [5, 5.41) is 0. The molecule has 0 saturated carbocycles. The predicted octanol–water partition coefficient (Wildman–Crippen LogP) is 1.00. The highest BCUT2D eigenvalue weighted by Gasteiger charge is 2.04. The minimum absolute atomic E-state index is 0.0567. The second-order valence-corrected chi connectivity index (χ2v) is 2.71. The Labute approximate surface area is 73.1 Å². The molecule has 0 aliphatic heterocycles. The van der Waals surface area contributed by atoms with E-state index in [0.717, 1.165) is 0 Å². The Kier molecular flexibility index (Phi) is 5.00. The largest absolute Gasteiger partial charge is 0.342 e. The minimum Gasteiger partial charge on any atom is -0.342 e. The zero-order valence-electron chi connectivity index (χ0n) is 7.83. The fourth-order valence-corrected chi connectivity index (χ4v) is 0.705. The van der Waals surface area contributed by atoms with Gasteiger partial charge in [-0.3, -0.25) is 9.59 Å². The first kappa shape index (κ1) is 10.9. The van der Waals surface area contributed by atoms with Gasteiger partial charge in [0.15, 0.2) is 0 Å². The first-order valence-electron chi connectivity index (χ1n) is 3.95. The quantitative estimate of drug-likeness (QED) is 0.589. The molecule has 1 amide bonds. The van der Waals surface area contributed by atoms with Crippen LogP contribution in [0.1, 0.15) is 20.3 Å². The van der Waals surface area contributed by atoms with Gasteiger partial charge in [-0.2, -0.15) is 0 Å². The molecule has 0 aromatic heterocycles. The van der Waals surface area contributed by atoms with E-state index in [-0.39, 0.29) is 11.7 Å². The molecule has 0 rings (SSSR count). The van der Waals surface area contributed by atoms with E-state index in [1.54, 1.807) is 20.0 Å². The smallest absolute Gasteiger partial charge is 0.245 e.